The molecule has 2 aliphatic heterocycles. The topological polar surface area (TPSA) is 105 Å². The van der Waals surface area contributed by atoms with Crippen molar-refractivity contribution in [3.05, 3.63) is 64.7 Å². The molecule has 7 heteroatoms. The van der Waals surface area contributed by atoms with E-state index in [1.807, 2.05) is 49.4 Å². The first-order chi connectivity index (χ1) is 13.9. The Bertz CT molecular complexity index is 969. The summed E-state index contributed by atoms with van der Waals surface area (Å²) in [5, 5.41) is 5.69. The van der Waals surface area contributed by atoms with Crippen LogP contribution in [0.25, 0.3) is 0 Å². The number of benzene rings is 2. The first kappa shape index (κ1) is 19.1. The van der Waals surface area contributed by atoms with Crippen LogP contribution in [0, 0.1) is 0 Å². The summed E-state index contributed by atoms with van der Waals surface area (Å²) in [5.74, 6) is -0.828. The molecule has 2 atom stereocenters. The molecule has 0 aliphatic carbocycles. The molecule has 150 valence electrons. The van der Waals surface area contributed by atoms with Crippen molar-refractivity contribution in [2.45, 2.75) is 44.9 Å². The molecule has 1 saturated heterocycles. The van der Waals surface area contributed by atoms with Gasteiger partial charge in [0, 0.05) is 36.8 Å². The van der Waals surface area contributed by atoms with Crippen LogP contribution in [0.15, 0.2) is 42.5 Å². The van der Waals surface area contributed by atoms with E-state index in [2.05, 4.69) is 10.6 Å². The summed E-state index contributed by atoms with van der Waals surface area (Å²) >= 11 is 0. The Kier molecular flexibility index (Phi) is 5.07. The van der Waals surface area contributed by atoms with Gasteiger partial charge in [0.2, 0.25) is 11.8 Å². The first-order valence-corrected chi connectivity index (χ1v) is 9.79. The SMILES string of the molecule is CC(N)c1ccc(NCc2cccc3c2C(=O)N(C2CCC(=O)NC2=O)C3)cc1. The molecule has 2 aromatic carbocycles. The van der Waals surface area contributed by atoms with Crippen molar-refractivity contribution in [3.8, 4) is 0 Å². The number of carbonyl (C=O) groups excluding carboxylic acids is 3. The first-order valence-electron chi connectivity index (χ1n) is 9.79. The Morgan fingerprint density at radius 3 is 2.62 bits per heavy atom. The van der Waals surface area contributed by atoms with Crippen LogP contribution in [-0.4, -0.2) is 28.7 Å². The van der Waals surface area contributed by atoms with Crippen LogP contribution in [0.2, 0.25) is 0 Å². The lowest BCUT2D eigenvalue weighted by atomic mass is 10.0. The number of amides is 3. The lowest BCUT2D eigenvalue weighted by Crippen LogP contribution is -2.52. The van der Waals surface area contributed by atoms with Crippen LogP contribution < -0.4 is 16.4 Å². The van der Waals surface area contributed by atoms with Gasteiger partial charge < -0.3 is 16.0 Å². The van der Waals surface area contributed by atoms with Gasteiger partial charge in [-0.05, 0) is 42.2 Å². The molecule has 2 unspecified atom stereocenters. The standard InChI is InChI=1S/C22H24N4O3/c1-13(23)14-5-7-17(8-6-14)24-11-15-3-2-4-16-12-26(22(29)20(15)16)18-9-10-19(27)25-21(18)28/h2-8,13,18,24H,9-12,23H2,1H3,(H,25,27,28). The highest BCUT2D eigenvalue weighted by Gasteiger charge is 2.39. The number of piperidine rings is 1. The molecule has 2 aromatic rings. The van der Waals surface area contributed by atoms with Crippen LogP contribution in [-0.2, 0) is 22.7 Å². The van der Waals surface area contributed by atoms with Crippen molar-refractivity contribution >= 4 is 23.4 Å². The number of nitrogens with zero attached hydrogens (tertiary/aromatic N) is 1. The molecule has 0 bridgehead atoms. The highest BCUT2D eigenvalue weighted by atomic mass is 16.2. The molecule has 4 rings (SSSR count). The minimum absolute atomic E-state index is 0.0164. The Labute approximate surface area is 169 Å². The Balaban J connectivity index is 1.50. The number of imide groups is 1. The fourth-order valence-electron chi connectivity index (χ4n) is 3.94. The van der Waals surface area contributed by atoms with Gasteiger partial charge in [-0.15, -0.1) is 0 Å². The van der Waals surface area contributed by atoms with Gasteiger partial charge in [0.1, 0.15) is 6.04 Å². The summed E-state index contributed by atoms with van der Waals surface area (Å²) in [5.41, 5.74) is 10.3. The summed E-state index contributed by atoms with van der Waals surface area (Å²) in [4.78, 5) is 38.3. The number of hydrogen-bond donors (Lipinski definition) is 3. The van der Waals surface area contributed by atoms with Gasteiger partial charge in [-0.25, -0.2) is 0 Å². The van der Waals surface area contributed by atoms with E-state index in [9.17, 15) is 14.4 Å². The van der Waals surface area contributed by atoms with Crippen molar-refractivity contribution in [1.82, 2.24) is 10.2 Å². The van der Waals surface area contributed by atoms with E-state index in [4.69, 9.17) is 5.73 Å². The van der Waals surface area contributed by atoms with Gasteiger partial charge in [0.05, 0.1) is 0 Å². The molecular weight excluding hydrogens is 368 g/mol. The Morgan fingerprint density at radius 2 is 1.93 bits per heavy atom. The molecule has 0 spiro atoms. The largest absolute Gasteiger partial charge is 0.381 e. The predicted octanol–water partition coefficient (Wildman–Crippen LogP) is 2.08. The lowest BCUT2D eigenvalue weighted by molar-refractivity contribution is -0.136. The van der Waals surface area contributed by atoms with Gasteiger partial charge in [-0.3, -0.25) is 19.7 Å². The molecule has 4 N–H and O–H groups in total. The van der Waals surface area contributed by atoms with Crippen molar-refractivity contribution in [2.24, 2.45) is 5.73 Å². The van der Waals surface area contributed by atoms with E-state index in [0.29, 0.717) is 25.1 Å². The van der Waals surface area contributed by atoms with Gasteiger partial charge in [-0.2, -0.15) is 0 Å². The summed E-state index contributed by atoms with van der Waals surface area (Å²) in [6.45, 7) is 2.82. The second-order valence-corrected chi connectivity index (χ2v) is 7.62. The fraction of sp³-hybridized carbons (Fsp3) is 0.318. The van der Waals surface area contributed by atoms with Crippen LogP contribution in [0.1, 0.15) is 52.9 Å². The number of fused-ring (bicyclic) bond motifs is 1. The lowest BCUT2D eigenvalue weighted by Gasteiger charge is -2.29. The zero-order valence-electron chi connectivity index (χ0n) is 16.3. The van der Waals surface area contributed by atoms with E-state index in [1.54, 1.807) is 4.90 Å². The van der Waals surface area contributed by atoms with Gasteiger partial charge >= 0.3 is 0 Å². The fourth-order valence-corrected chi connectivity index (χ4v) is 3.94. The Morgan fingerprint density at radius 1 is 1.17 bits per heavy atom. The summed E-state index contributed by atoms with van der Waals surface area (Å²) in [6.07, 6.45) is 0.617. The van der Waals surface area contributed by atoms with E-state index < -0.39 is 11.9 Å². The normalized spacial score (nSPS) is 19.7. The smallest absolute Gasteiger partial charge is 0.255 e. The summed E-state index contributed by atoms with van der Waals surface area (Å²) in [6, 6.07) is 13.1. The maximum Gasteiger partial charge on any atom is 0.255 e. The van der Waals surface area contributed by atoms with E-state index in [1.165, 1.54) is 0 Å². The number of rotatable bonds is 5. The molecule has 0 saturated carbocycles. The number of hydrogen-bond acceptors (Lipinski definition) is 5. The molecule has 7 nitrogen and oxygen atoms in total. The monoisotopic (exact) mass is 392 g/mol. The van der Waals surface area contributed by atoms with Crippen LogP contribution in [0.3, 0.4) is 0 Å². The number of nitrogens with one attached hydrogen (secondary N) is 2. The molecule has 0 radical (unpaired) electrons. The van der Waals surface area contributed by atoms with Gasteiger partial charge in [0.15, 0.2) is 0 Å². The zero-order chi connectivity index (χ0) is 20.5. The van der Waals surface area contributed by atoms with Crippen LogP contribution in [0.5, 0.6) is 0 Å². The van der Waals surface area contributed by atoms with Crippen molar-refractivity contribution < 1.29 is 14.4 Å². The maximum absolute atomic E-state index is 13.1. The second kappa shape index (κ2) is 7.67. The molecule has 3 amide bonds. The van der Waals surface area contributed by atoms with E-state index >= 15 is 0 Å². The molecule has 0 aromatic heterocycles. The highest BCUT2D eigenvalue weighted by Crippen LogP contribution is 2.30. The van der Waals surface area contributed by atoms with Crippen LogP contribution in [0.4, 0.5) is 5.69 Å². The predicted molar refractivity (Wildman–Crippen MR) is 109 cm³/mol. The molecule has 29 heavy (non-hydrogen) atoms. The molecule has 2 aliphatic rings. The maximum atomic E-state index is 13.1. The average Bonchev–Trinajstić information content (AvgIpc) is 3.04. The number of anilines is 1. The minimum Gasteiger partial charge on any atom is -0.381 e. The summed E-state index contributed by atoms with van der Waals surface area (Å²) in [7, 11) is 0. The third kappa shape index (κ3) is 3.73. The van der Waals surface area contributed by atoms with Gasteiger partial charge in [0.25, 0.3) is 5.91 Å². The number of carbonyl (C=O) groups is 3. The highest BCUT2D eigenvalue weighted by molar-refractivity contribution is 6.06. The second-order valence-electron chi connectivity index (χ2n) is 7.62. The summed E-state index contributed by atoms with van der Waals surface area (Å²) < 4.78 is 0. The van der Waals surface area contributed by atoms with Gasteiger partial charge in [-0.1, -0.05) is 30.3 Å². The van der Waals surface area contributed by atoms with Crippen molar-refractivity contribution in [1.29, 1.82) is 0 Å². The third-order valence-corrected chi connectivity index (χ3v) is 5.56. The third-order valence-electron chi connectivity index (χ3n) is 5.56. The molecule has 2 heterocycles. The minimum atomic E-state index is -0.598. The molecule has 1 fully saturated rings. The van der Waals surface area contributed by atoms with Crippen LogP contribution >= 0.6 is 0 Å². The quantitative estimate of drug-likeness (QED) is 0.676. The zero-order valence-corrected chi connectivity index (χ0v) is 16.3. The number of nitrogens with two attached hydrogens (primary N) is 1. The Hall–Kier alpha value is -3.19. The average molecular weight is 392 g/mol. The van der Waals surface area contributed by atoms with E-state index in [-0.39, 0.29) is 24.3 Å². The van der Waals surface area contributed by atoms with Crippen molar-refractivity contribution in [3.63, 3.8) is 0 Å². The van der Waals surface area contributed by atoms with E-state index in [0.717, 1.165) is 22.4 Å². The molecular formula is C22H24N4O3. The van der Waals surface area contributed by atoms with Crippen molar-refractivity contribution in [2.75, 3.05) is 5.32 Å².